The first-order valence-corrected chi connectivity index (χ1v) is 8.06. The quantitative estimate of drug-likeness (QED) is 0.790. The Labute approximate surface area is 132 Å². The molecule has 4 heteroatoms. The normalized spacial score (nSPS) is 17.2. The van der Waals surface area contributed by atoms with E-state index in [1.165, 1.54) is 5.56 Å². The maximum atomic E-state index is 5.35. The number of nitrogens with zero attached hydrogens (tertiary/aromatic N) is 1. The van der Waals surface area contributed by atoms with Gasteiger partial charge in [-0.2, -0.15) is 0 Å². The zero-order valence-corrected chi connectivity index (χ0v) is 14.2. The van der Waals surface area contributed by atoms with Crippen LogP contribution in [-0.2, 0) is 0 Å². The lowest BCUT2D eigenvalue weighted by Crippen LogP contribution is -2.39. The molecule has 1 aliphatic rings. The van der Waals surface area contributed by atoms with Gasteiger partial charge in [-0.15, -0.1) is 6.42 Å². The smallest absolute Gasteiger partial charge is 0.0631 e. The van der Waals surface area contributed by atoms with Gasteiger partial charge in [0.1, 0.15) is 0 Å². The van der Waals surface area contributed by atoms with Gasteiger partial charge in [0.2, 0.25) is 0 Å². The van der Waals surface area contributed by atoms with Crippen molar-refractivity contribution in [3.8, 4) is 12.3 Å². The van der Waals surface area contributed by atoms with E-state index in [0.717, 1.165) is 47.1 Å². The molecule has 0 aliphatic carbocycles. The fraction of sp³-hybridized carbons (Fsp3) is 0.467. The molecule has 0 atom stereocenters. The summed E-state index contributed by atoms with van der Waals surface area (Å²) >= 11 is 7.26. The first kappa shape index (κ1) is 14.9. The van der Waals surface area contributed by atoms with Gasteiger partial charge in [-0.1, -0.05) is 5.92 Å². The second kappa shape index (κ2) is 6.78. The average molecular weight is 386 g/mol. The van der Waals surface area contributed by atoms with Crippen molar-refractivity contribution in [1.29, 1.82) is 0 Å². The molecule has 1 aromatic rings. The summed E-state index contributed by atoms with van der Waals surface area (Å²) in [5.41, 5.74) is 2.40. The molecule has 0 amide bonds. The van der Waals surface area contributed by atoms with Crippen molar-refractivity contribution in [2.45, 2.75) is 25.8 Å². The highest BCUT2D eigenvalue weighted by atomic mass is 79.9. The zero-order chi connectivity index (χ0) is 13.8. The van der Waals surface area contributed by atoms with Crippen molar-refractivity contribution >= 4 is 37.5 Å². The Morgan fingerprint density at radius 2 is 1.89 bits per heavy atom. The summed E-state index contributed by atoms with van der Waals surface area (Å²) in [6, 6.07) is 4.80. The highest BCUT2D eigenvalue weighted by Crippen LogP contribution is 2.33. The molecule has 1 saturated heterocycles. The lowest BCUT2D eigenvalue weighted by atomic mass is 10.0. The lowest BCUT2D eigenvalue weighted by molar-refractivity contribution is 0.243. The molecule has 1 heterocycles. The van der Waals surface area contributed by atoms with Gasteiger partial charge in [0.15, 0.2) is 0 Å². The monoisotopic (exact) mass is 384 g/mol. The number of halogens is 2. The molecule has 0 bridgehead atoms. The third-order valence-electron chi connectivity index (χ3n) is 3.44. The molecule has 1 N–H and O–H groups in total. The number of nitrogens with one attached hydrogen (secondary N) is 1. The summed E-state index contributed by atoms with van der Waals surface area (Å²) in [4.78, 5) is 2.33. The Morgan fingerprint density at radius 3 is 2.42 bits per heavy atom. The van der Waals surface area contributed by atoms with Gasteiger partial charge < -0.3 is 5.32 Å². The van der Waals surface area contributed by atoms with Gasteiger partial charge in [-0.25, -0.2) is 0 Å². The van der Waals surface area contributed by atoms with E-state index in [0.29, 0.717) is 6.04 Å². The van der Waals surface area contributed by atoms with Gasteiger partial charge in [0.05, 0.1) is 12.2 Å². The number of piperidine rings is 1. The summed E-state index contributed by atoms with van der Waals surface area (Å²) in [5, 5.41) is 3.64. The van der Waals surface area contributed by atoms with Crippen molar-refractivity contribution in [3.63, 3.8) is 0 Å². The van der Waals surface area contributed by atoms with Crippen LogP contribution in [-0.4, -0.2) is 30.6 Å². The Morgan fingerprint density at radius 1 is 1.32 bits per heavy atom. The van der Waals surface area contributed by atoms with Gasteiger partial charge in [0.25, 0.3) is 0 Å². The number of terminal acetylenes is 1. The van der Waals surface area contributed by atoms with Crippen LogP contribution in [0, 0.1) is 19.3 Å². The molecule has 0 saturated carbocycles. The Bertz CT molecular complexity index is 462. The number of likely N-dealkylation sites (tertiary alicyclic amines) is 1. The third kappa shape index (κ3) is 3.98. The summed E-state index contributed by atoms with van der Waals surface area (Å²) in [5.74, 6) is 2.72. The Hall–Kier alpha value is -0.500. The predicted molar refractivity (Wildman–Crippen MR) is 88.5 cm³/mol. The molecule has 0 unspecified atom stereocenters. The fourth-order valence-electron chi connectivity index (χ4n) is 2.41. The maximum Gasteiger partial charge on any atom is 0.0631 e. The van der Waals surface area contributed by atoms with Crippen LogP contribution in [0.4, 0.5) is 5.69 Å². The largest absolute Gasteiger partial charge is 0.380 e. The van der Waals surface area contributed by atoms with Gasteiger partial charge in [0, 0.05) is 28.1 Å². The average Bonchev–Trinajstić information content (AvgIpc) is 2.36. The molecule has 0 spiro atoms. The lowest BCUT2D eigenvalue weighted by Gasteiger charge is -2.32. The minimum atomic E-state index is 0.518. The molecule has 1 fully saturated rings. The standard InChI is InChI=1S/C15H18Br2N2/c1-3-6-19-7-4-12(5-8-19)18-15-13(16)9-11(2)10-14(15)17/h1,9-10,12,18H,4-8H2,2H3. The van der Waals surface area contributed by atoms with E-state index >= 15 is 0 Å². The Balaban J connectivity index is 1.98. The zero-order valence-electron chi connectivity index (χ0n) is 11.0. The number of anilines is 1. The van der Waals surface area contributed by atoms with Crippen LogP contribution < -0.4 is 5.32 Å². The van der Waals surface area contributed by atoms with E-state index in [1.807, 2.05) is 0 Å². The first-order valence-electron chi connectivity index (χ1n) is 6.48. The second-order valence-electron chi connectivity index (χ2n) is 5.00. The van der Waals surface area contributed by atoms with Crippen LogP contribution >= 0.6 is 31.9 Å². The van der Waals surface area contributed by atoms with Crippen molar-refractivity contribution < 1.29 is 0 Å². The van der Waals surface area contributed by atoms with E-state index in [-0.39, 0.29) is 0 Å². The van der Waals surface area contributed by atoms with E-state index in [1.54, 1.807) is 0 Å². The summed E-state index contributed by atoms with van der Waals surface area (Å²) in [6.45, 7) is 5.01. The molecule has 0 radical (unpaired) electrons. The maximum absolute atomic E-state index is 5.35. The third-order valence-corrected chi connectivity index (χ3v) is 4.69. The molecule has 2 rings (SSSR count). The first-order chi connectivity index (χ1) is 9.10. The van der Waals surface area contributed by atoms with E-state index in [4.69, 9.17) is 6.42 Å². The van der Waals surface area contributed by atoms with E-state index < -0.39 is 0 Å². The minimum absolute atomic E-state index is 0.518. The van der Waals surface area contributed by atoms with Gasteiger partial charge in [-0.3, -0.25) is 4.90 Å². The molecule has 1 aromatic carbocycles. The van der Waals surface area contributed by atoms with Crippen LogP contribution in [0.5, 0.6) is 0 Å². The molecule has 0 aromatic heterocycles. The van der Waals surface area contributed by atoms with Gasteiger partial charge in [-0.05, 0) is 69.3 Å². The fourth-order valence-corrected chi connectivity index (χ4v) is 4.05. The molecule has 19 heavy (non-hydrogen) atoms. The molecule has 1 aliphatic heterocycles. The summed E-state index contributed by atoms with van der Waals surface area (Å²) < 4.78 is 2.23. The van der Waals surface area contributed by atoms with Crippen molar-refractivity contribution in [3.05, 3.63) is 26.6 Å². The SMILES string of the molecule is C#CCN1CCC(Nc2c(Br)cc(C)cc2Br)CC1. The van der Waals surface area contributed by atoms with E-state index in [9.17, 15) is 0 Å². The number of hydrogen-bond donors (Lipinski definition) is 1. The summed E-state index contributed by atoms with van der Waals surface area (Å²) in [7, 11) is 0. The molecular formula is C15H18Br2N2. The number of hydrogen-bond acceptors (Lipinski definition) is 2. The highest BCUT2D eigenvalue weighted by molar-refractivity contribution is 9.11. The molecular weight excluding hydrogens is 368 g/mol. The van der Waals surface area contributed by atoms with Crippen LogP contribution in [0.15, 0.2) is 21.1 Å². The van der Waals surface area contributed by atoms with Crippen LogP contribution in [0.25, 0.3) is 0 Å². The molecule has 2 nitrogen and oxygen atoms in total. The second-order valence-corrected chi connectivity index (χ2v) is 6.71. The summed E-state index contributed by atoms with van der Waals surface area (Å²) in [6.07, 6.45) is 7.62. The van der Waals surface area contributed by atoms with Crippen LogP contribution in [0.2, 0.25) is 0 Å². The van der Waals surface area contributed by atoms with E-state index in [2.05, 4.69) is 67.1 Å². The Kier molecular flexibility index (Phi) is 5.32. The predicted octanol–water partition coefficient (Wildman–Crippen LogP) is 4.03. The van der Waals surface area contributed by atoms with Gasteiger partial charge >= 0.3 is 0 Å². The molecule has 102 valence electrons. The highest BCUT2D eigenvalue weighted by Gasteiger charge is 2.19. The van der Waals surface area contributed by atoms with Crippen LogP contribution in [0.3, 0.4) is 0 Å². The number of benzene rings is 1. The van der Waals surface area contributed by atoms with Crippen molar-refractivity contribution in [2.24, 2.45) is 0 Å². The topological polar surface area (TPSA) is 15.3 Å². The number of aryl methyl sites for hydroxylation is 1. The van der Waals surface area contributed by atoms with Crippen molar-refractivity contribution in [1.82, 2.24) is 4.90 Å². The van der Waals surface area contributed by atoms with Crippen LogP contribution in [0.1, 0.15) is 18.4 Å². The minimum Gasteiger partial charge on any atom is -0.380 e. The number of rotatable bonds is 3. The van der Waals surface area contributed by atoms with Crippen molar-refractivity contribution in [2.75, 3.05) is 25.0 Å².